The molecule has 4 rings (SSSR count). The Labute approximate surface area is 137 Å². The monoisotopic (exact) mass is 314 g/mol. The first-order valence-corrected chi connectivity index (χ1v) is 9.04. The van der Waals surface area contributed by atoms with E-state index >= 15 is 0 Å². The summed E-state index contributed by atoms with van der Waals surface area (Å²) < 4.78 is 0. The van der Waals surface area contributed by atoms with Crippen LogP contribution in [0.4, 0.5) is 0 Å². The Bertz CT molecular complexity index is 643. The number of carboxylic acids is 1. The van der Waals surface area contributed by atoms with Gasteiger partial charge in [0.25, 0.3) is 0 Å². The highest BCUT2D eigenvalue weighted by Gasteiger charge is 2.56. The number of hydrogen-bond donors (Lipinski definition) is 1. The van der Waals surface area contributed by atoms with Crippen LogP contribution in [0.15, 0.2) is 23.3 Å². The van der Waals surface area contributed by atoms with Crippen LogP contribution in [0.25, 0.3) is 0 Å². The number of rotatable bonds is 1. The van der Waals surface area contributed by atoms with Gasteiger partial charge in [-0.05, 0) is 66.9 Å². The molecular formula is C20H26O3. The summed E-state index contributed by atoms with van der Waals surface area (Å²) in [5.41, 5.74) is 1.44. The molecular weight excluding hydrogens is 288 g/mol. The molecule has 0 aromatic carbocycles. The fraction of sp³-hybridized carbons (Fsp3) is 0.700. The van der Waals surface area contributed by atoms with Crippen LogP contribution in [0.3, 0.4) is 0 Å². The van der Waals surface area contributed by atoms with E-state index in [0.29, 0.717) is 23.7 Å². The van der Waals surface area contributed by atoms with Gasteiger partial charge in [0.15, 0.2) is 5.78 Å². The molecule has 0 aliphatic heterocycles. The molecule has 0 heterocycles. The van der Waals surface area contributed by atoms with Crippen LogP contribution < -0.4 is 0 Å². The Kier molecular flexibility index (Phi) is 3.17. The van der Waals surface area contributed by atoms with Crippen LogP contribution in [0.5, 0.6) is 0 Å². The fourth-order valence-electron chi connectivity index (χ4n) is 6.41. The Balaban J connectivity index is 1.74. The zero-order chi connectivity index (χ0) is 16.4. The van der Waals surface area contributed by atoms with Gasteiger partial charge in [-0.3, -0.25) is 4.79 Å². The number of allylic oxidation sites excluding steroid dienone is 3. The van der Waals surface area contributed by atoms with E-state index in [0.717, 1.165) is 17.9 Å². The molecule has 124 valence electrons. The lowest BCUT2D eigenvalue weighted by Crippen LogP contribution is -2.49. The van der Waals surface area contributed by atoms with Crippen LogP contribution in [0, 0.1) is 28.6 Å². The quantitative estimate of drug-likeness (QED) is 0.740. The van der Waals surface area contributed by atoms with E-state index in [1.807, 2.05) is 0 Å². The Morgan fingerprint density at radius 3 is 2.74 bits per heavy atom. The molecule has 0 bridgehead atoms. The third-order valence-corrected chi connectivity index (χ3v) is 7.66. The van der Waals surface area contributed by atoms with Crippen molar-refractivity contribution in [3.8, 4) is 0 Å². The molecule has 3 nitrogen and oxygen atoms in total. The average molecular weight is 314 g/mol. The molecule has 5 atom stereocenters. The third kappa shape index (κ3) is 2.01. The molecule has 0 spiro atoms. The van der Waals surface area contributed by atoms with Gasteiger partial charge in [-0.1, -0.05) is 26.3 Å². The second-order valence-electron chi connectivity index (χ2n) is 8.74. The van der Waals surface area contributed by atoms with E-state index < -0.39 is 5.97 Å². The van der Waals surface area contributed by atoms with Crippen molar-refractivity contribution in [3.63, 3.8) is 0 Å². The standard InChI is InChI=1S/C20H26O3/c1-19-8-3-4-15(19)13-6-5-12-10-14(18(22)23)17(21)11-20(12,2)16(13)7-9-19/h5,10,13,15-16H,3-4,6-9,11H2,1-2H3,(H,22,23)/t13-,15-,16-,19-,20-/m0/s1. The summed E-state index contributed by atoms with van der Waals surface area (Å²) in [5.74, 6) is 0.743. The van der Waals surface area contributed by atoms with Crippen LogP contribution >= 0.6 is 0 Å². The molecule has 0 saturated heterocycles. The van der Waals surface area contributed by atoms with Crippen molar-refractivity contribution in [3.05, 3.63) is 23.3 Å². The highest BCUT2D eigenvalue weighted by atomic mass is 16.4. The van der Waals surface area contributed by atoms with E-state index in [1.165, 1.54) is 32.1 Å². The van der Waals surface area contributed by atoms with Crippen molar-refractivity contribution in [1.29, 1.82) is 0 Å². The molecule has 3 heteroatoms. The second-order valence-corrected chi connectivity index (χ2v) is 8.74. The SMILES string of the molecule is C[C@@]12CCC[C@H]1[C@@H]1CC=C3C=C(C(=O)O)C(=O)C[C@]3(C)[C@H]1CC2. The summed E-state index contributed by atoms with van der Waals surface area (Å²) >= 11 is 0. The van der Waals surface area contributed by atoms with Crippen molar-refractivity contribution in [2.75, 3.05) is 0 Å². The second kappa shape index (κ2) is 4.81. The van der Waals surface area contributed by atoms with E-state index in [9.17, 15) is 14.7 Å². The predicted octanol–water partition coefficient (Wildman–Crippen LogP) is 4.14. The number of aliphatic carboxylic acids is 1. The lowest BCUT2D eigenvalue weighted by molar-refractivity contribution is -0.135. The van der Waals surface area contributed by atoms with E-state index in [-0.39, 0.29) is 16.8 Å². The summed E-state index contributed by atoms with van der Waals surface area (Å²) in [4.78, 5) is 23.7. The highest BCUT2D eigenvalue weighted by Crippen LogP contribution is 2.64. The van der Waals surface area contributed by atoms with Crippen LogP contribution in [0.2, 0.25) is 0 Å². The number of Topliss-reactive ketones (excluding diaryl/α,β-unsaturated/α-hetero) is 1. The lowest BCUT2D eigenvalue weighted by atomic mass is 9.48. The Morgan fingerprint density at radius 1 is 1.22 bits per heavy atom. The number of carbonyl (C=O) groups excluding carboxylic acids is 1. The van der Waals surface area contributed by atoms with Gasteiger partial charge in [0.1, 0.15) is 5.57 Å². The van der Waals surface area contributed by atoms with Crippen molar-refractivity contribution in [2.45, 2.75) is 58.8 Å². The molecule has 4 aliphatic rings. The van der Waals surface area contributed by atoms with E-state index in [4.69, 9.17) is 0 Å². The van der Waals surface area contributed by atoms with E-state index in [1.54, 1.807) is 6.08 Å². The van der Waals surface area contributed by atoms with Crippen LogP contribution in [-0.2, 0) is 9.59 Å². The van der Waals surface area contributed by atoms with Gasteiger partial charge < -0.3 is 5.11 Å². The van der Waals surface area contributed by atoms with Crippen LogP contribution in [0.1, 0.15) is 58.8 Å². The predicted molar refractivity (Wildman–Crippen MR) is 87.8 cm³/mol. The first-order valence-electron chi connectivity index (χ1n) is 9.04. The van der Waals surface area contributed by atoms with Gasteiger partial charge in [0.05, 0.1) is 0 Å². The first kappa shape index (κ1) is 15.2. The first-order chi connectivity index (χ1) is 10.8. The molecule has 0 aromatic rings. The number of carbonyl (C=O) groups is 2. The molecule has 1 N–H and O–H groups in total. The maximum atomic E-state index is 12.4. The lowest BCUT2D eigenvalue weighted by Gasteiger charge is -2.55. The van der Waals surface area contributed by atoms with Gasteiger partial charge in [-0.25, -0.2) is 4.79 Å². The van der Waals surface area contributed by atoms with Gasteiger partial charge >= 0.3 is 5.97 Å². The van der Waals surface area contributed by atoms with E-state index in [2.05, 4.69) is 19.9 Å². The maximum absolute atomic E-state index is 12.4. The largest absolute Gasteiger partial charge is 0.478 e. The summed E-state index contributed by atoms with van der Waals surface area (Å²) in [7, 11) is 0. The van der Waals surface area contributed by atoms with Gasteiger partial charge in [-0.2, -0.15) is 0 Å². The molecule has 2 saturated carbocycles. The van der Waals surface area contributed by atoms with Gasteiger partial charge in [0.2, 0.25) is 0 Å². The number of hydrogen-bond acceptors (Lipinski definition) is 2. The fourth-order valence-corrected chi connectivity index (χ4v) is 6.41. The van der Waals surface area contributed by atoms with Crippen molar-refractivity contribution < 1.29 is 14.7 Å². The van der Waals surface area contributed by atoms with Crippen molar-refractivity contribution in [1.82, 2.24) is 0 Å². The third-order valence-electron chi connectivity index (χ3n) is 7.66. The Hall–Kier alpha value is -1.38. The zero-order valence-corrected chi connectivity index (χ0v) is 14.1. The Morgan fingerprint density at radius 2 is 2.00 bits per heavy atom. The molecule has 0 amide bonds. The highest BCUT2D eigenvalue weighted by molar-refractivity contribution is 6.18. The summed E-state index contributed by atoms with van der Waals surface area (Å²) in [6, 6.07) is 0. The molecule has 23 heavy (non-hydrogen) atoms. The zero-order valence-electron chi connectivity index (χ0n) is 14.1. The number of fused-ring (bicyclic) bond motifs is 5. The van der Waals surface area contributed by atoms with Crippen LogP contribution in [-0.4, -0.2) is 16.9 Å². The van der Waals surface area contributed by atoms with Crippen molar-refractivity contribution in [2.24, 2.45) is 28.6 Å². The minimum atomic E-state index is -1.08. The molecule has 0 radical (unpaired) electrons. The smallest absolute Gasteiger partial charge is 0.339 e. The molecule has 2 fully saturated rings. The minimum absolute atomic E-state index is 0.0197. The van der Waals surface area contributed by atoms with Gasteiger partial charge in [0, 0.05) is 11.8 Å². The number of carboxylic acid groups (broad SMARTS) is 1. The molecule has 0 unspecified atom stereocenters. The average Bonchev–Trinajstić information content (AvgIpc) is 2.87. The molecule has 0 aromatic heterocycles. The normalized spacial score (nSPS) is 45.5. The topological polar surface area (TPSA) is 54.4 Å². The van der Waals surface area contributed by atoms with Gasteiger partial charge in [-0.15, -0.1) is 0 Å². The maximum Gasteiger partial charge on any atom is 0.339 e. The molecule has 4 aliphatic carbocycles. The number of ketones is 1. The van der Waals surface area contributed by atoms with Crippen molar-refractivity contribution >= 4 is 11.8 Å². The summed E-state index contributed by atoms with van der Waals surface area (Å²) in [6.07, 6.45) is 11.9. The minimum Gasteiger partial charge on any atom is -0.478 e. The summed E-state index contributed by atoms with van der Waals surface area (Å²) in [6.45, 7) is 4.68. The summed E-state index contributed by atoms with van der Waals surface area (Å²) in [5, 5.41) is 9.26.